The second kappa shape index (κ2) is 6.45. The Hall–Kier alpha value is -1.67. The molecule has 0 aliphatic carbocycles. The van der Waals surface area contributed by atoms with Crippen LogP contribution in [0.15, 0.2) is 22.9 Å². The quantitative estimate of drug-likeness (QED) is 0.862. The first-order valence-corrected chi connectivity index (χ1v) is 8.56. The predicted molar refractivity (Wildman–Crippen MR) is 92.3 cm³/mol. The number of amides is 1. The van der Waals surface area contributed by atoms with Crippen LogP contribution in [0.3, 0.4) is 0 Å². The minimum Gasteiger partial charge on any atom is -0.353 e. The molecule has 2 aromatic heterocycles. The average Bonchev–Trinajstić information content (AvgIpc) is 2.94. The van der Waals surface area contributed by atoms with Gasteiger partial charge in [0.15, 0.2) is 5.65 Å². The first kappa shape index (κ1) is 16.2. The molecule has 0 spiro atoms. The molecule has 2 aromatic rings. The number of fused-ring (bicyclic) bond motifs is 1. The summed E-state index contributed by atoms with van der Waals surface area (Å²) in [6, 6.07) is 1.53. The Morgan fingerprint density at radius 2 is 2.00 bits per heavy atom. The molecule has 1 amide bonds. The molecule has 8 heteroatoms. The van der Waals surface area contributed by atoms with Gasteiger partial charge in [0.1, 0.15) is 5.82 Å². The number of anilines is 1. The zero-order valence-electron chi connectivity index (χ0n) is 13.3. The van der Waals surface area contributed by atoms with E-state index in [1.54, 1.807) is 10.7 Å². The maximum absolute atomic E-state index is 12.3. The summed E-state index contributed by atoms with van der Waals surface area (Å²) in [5.41, 5.74) is 6.77. The number of piperazine rings is 1. The molecule has 1 saturated heterocycles. The van der Waals surface area contributed by atoms with Crippen molar-refractivity contribution >= 4 is 33.3 Å². The number of rotatable bonds is 3. The van der Waals surface area contributed by atoms with Gasteiger partial charge in [-0.15, -0.1) is 0 Å². The van der Waals surface area contributed by atoms with E-state index < -0.39 is 6.04 Å². The predicted octanol–water partition coefficient (Wildman–Crippen LogP) is 1.12. The fourth-order valence-corrected chi connectivity index (χ4v) is 3.02. The van der Waals surface area contributed by atoms with E-state index in [2.05, 4.69) is 30.9 Å². The van der Waals surface area contributed by atoms with Crippen LogP contribution >= 0.6 is 15.9 Å². The van der Waals surface area contributed by atoms with E-state index in [1.807, 2.05) is 31.0 Å². The Kier molecular flexibility index (Phi) is 4.54. The minimum atomic E-state index is -0.418. The highest BCUT2D eigenvalue weighted by Crippen LogP contribution is 2.20. The molecular weight excluding hydrogens is 360 g/mol. The smallest absolute Gasteiger partial charge is 0.239 e. The van der Waals surface area contributed by atoms with E-state index in [9.17, 15) is 4.79 Å². The summed E-state index contributed by atoms with van der Waals surface area (Å²) in [5.74, 6) is 1.10. The summed E-state index contributed by atoms with van der Waals surface area (Å²) >= 11 is 3.45. The first-order chi connectivity index (χ1) is 11.0. The zero-order valence-corrected chi connectivity index (χ0v) is 14.9. The summed E-state index contributed by atoms with van der Waals surface area (Å²) in [6.07, 6.45) is 3.63. The maximum atomic E-state index is 12.3. The van der Waals surface area contributed by atoms with Crippen molar-refractivity contribution in [1.82, 2.24) is 19.5 Å². The standard InChI is InChI=1S/C15H21BrN6O/c1-10(2)13(17)15(23)21-7-5-20(6-8-21)12-3-4-22-14(19-12)11(16)9-18-22/h3-4,9-10,13H,5-8,17H2,1-2H3. The van der Waals surface area contributed by atoms with Crippen molar-refractivity contribution in [2.45, 2.75) is 19.9 Å². The monoisotopic (exact) mass is 380 g/mol. The van der Waals surface area contributed by atoms with Crippen LogP contribution in [0.4, 0.5) is 5.82 Å². The molecule has 23 heavy (non-hydrogen) atoms. The van der Waals surface area contributed by atoms with Gasteiger partial charge < -0.3 is 15.5 Å². The molecule has 1 aliphatic rings. The molecule has 1 aliphatic heterocycles. The van der Waals surface area contributed by atoms with Crippen molar-refractivity contribution in [3.05, 3.63) is 22.9 Å². The van der Waals surface area contributed by atoms with Crippen molar-refractivity contribution in [3.8, 4) is 0 Å². The molecule has 0 bridgehead atoms. The number of carbonyl (C=O) groups excluding carboxylic acids is 1. The third-order valence-electron chi connectivity index (χ3n) is 4.23. The van der Waals surface area contributed by atoms with Crippen molar-refractivity contribution in [3.63, 3.8) is 0 Å². The largest absolute Gasteiger partial charge is 0.353 e. The Labute approximate surface area is 143 Å². The fourth-order valence-electron chi connectivity index (χ4n) is 2.66. The van der Waals surface area contributed by atoms with Gasteiger partial charge in [-0.25, -0.2) is 9.50 Å². The lowest BCUT2D eigenvalue weighted by Gasteiger charge is -2.37. The van der Waals surface area contributed by atoms with E-state index in [4.69, 9.17) is 5.73 Å². The van der Waals surface area contributed by atoms with Gasteiger partial charge in [-0.3, -0.25) is 4.79 Å². The van der Waals surface area contributed by atoms with Gasteiger partial charge in [-0.1, -0.05) is 13.8 Å². The van der Waals surface area contributed by atoms with Gasteiger partial charge in [0, 0.05) is 32.4 Å². The number of aromatic nitrogens is 3. The van der Waals surface area contributed by atoms with Crippen LogP contribution in [-0.4, -0.2) is 57.6 Å². The summed E-state index contributed by atoms with van der Waals surface area (Å²) in [7, 11) is 0. The summed E-state index contributed by atoms with van der Waals surface area (Å²) < 4.78 is 2.60. The molecule has 1 atom stereocenters. The zero-order chi connectivity index (χ0) is 16.6. The number of hydrogen-bond acceptors (Lipinski definition) is 5. The van der Waals surface area contributed by atoms with E-state index in [-0.39, 0.29) is 11.8 Å². The Balaban J connectivity index is 1.68. The average molecular weight is 381 g/mol. The van der Waals surface area contributed by atoms with Gasteiger partial charge in [-0.05, 0) is 27.9 Å². The van der Waals surface area contributed by atoms with Crippen molar-refractivity contribution in [2.75, 3.05) is 31.1 Å². The molecule has 3 rings (SSSR count). The van der Waals surface area contributed by atoms with Crippen LogP contribution in [0.1, 0.15) is 13.8 Å². The van der Waals surface area contributed by atoms with E-state index in [1.165, 1.54) is 0 Å². The summed E-state index contributed by atoms with van der Waals surface area (Å²) in [4.78, 5) is 21.0. The van der Waals surface area contributed by atoms with E-state index in [0.717, 1.165) is 29.0 Å². The van der Waals surface area contributed by atoms with Gasteiger partial charge in [0.25, 0.3) is 0 Å². The van der Waals surface area contributed by atoms with Crippen molar-refractivity contribution in [2.24, 2.45) is 11.7 Å². The molecule has 0 aromatic carbocycles. The number of nitrogens with zero attached hydrogens (tertiary/aromatic N) is 5. The number of nitrogens with two attached hydrogens (primary N) is 1. The molecular formula is C15H21BrN6O. The van der Waals surface area contributed by atoms with Crippen LogP contribution < -0.4 is 10.6 Å². The molecule has 3 heterocycles. The molecule has 0 saturated carbocycles. The second-order valence-corrected chi connectivity index (χ2v) is 6.98. The Bertz CT molecular complexity index is 707. The molecule has 7 nitrogen and oxygen atoms in total. The highest BCUT2D eigenvalue weighted by molar-refractivity contribution is 9.10. The minimum absolute atomic E-state index is 0.0431. The molecule has 2 N–H and O–H groups in total. The molecule has 124 valence electrons. The van der Waals surface area contributed by atoms with Crippen molar-refractivity contribution in [1.29, 1.82) is 0 Å². The summed E-state index contributed by atoms with van der Waals surface area (Å²) in [6.45, 7) is 6.80. The van der Waals surface area contributed by atoms with Gasteiger partial charge in [0.2, 0.25) is 5.91 Å². The van der Waals surface area contributed by atoms with Gasteiger partial charge in [-0.2, -0.15) is 5.10 Å². The maximum Gasteiger partial charge on any atom is 0.239 e. The topological polar surface area (TPSA) is 79.8 Å². The Morgan fingerprint density at radius 1 is 1.30 bits per heavy atom. The molecule has 0 radical (unpaired) electrons. The second-order valence-electron chi connectivity index (χ2n) is 6.13. The molecule has 1 unspecified atom stereocenters. The van der Waals surface area contributed by atoms with Gasteiger partial charge >= 0.3 is 0 Å². The van der Waals surface area contributed by atoms with E-state index >= 15 is 0 Å². The van der Waals surface area contributed by atoms with Crippen LogP contribution in [-0.2, 0) is 4.79 Å². The lowest BCUT2D eigenvalue weighted by Crippen LogP contribution is -2.54. The summed E-state index contributed by atoms with van der Waals surface area (Å²) in [5, 5.41) is 4.20. The lowest BCUT2D eigenvalue weighted by atomic mass is 10.0. The first-order valence-electron chi connectivity index (χ1n) is 7.76. The van der Waals surface area contributed by atoms with Crippen LogP contribution in [0, 0.1) is 5.92 Å². The van der Waals surface area contributed by atoms with Crippen molar-refractivity contribution < 1.29 is 4.79 Å². The third kappa shape index (κ3) is 3.18. The van der Waals surface area contributed by atoms with Crippen LogP contribution in [0.25, 0.3) is 5.65 Å². The third-order valence-corrected chi connectivity index (χ3v) is 4.79. The fraction of sp³-hybridized carbons (Fsp3) is 0.533. The molecule has 1 fully saturated rings. The van der Waals surface area contributed by atoms with E-state index in [0.29, 0.717) is 13.1 Å². The lowest BCUT2D eigenvalue weighted by molar-refractivity contribution is -0.133. The van der Waals surface area contributed by atoms with Crippen LogP contribution in [0.5, 0.6) is 0 Å². The van der Waals surface area contributed by atoms with Crippen LogP contribution in [0.2, 0.25) is 0 Å². The highest BCUT2D eigenvalue weighted by atomic mass is 79.9. The number of hydrogen-bond donors (Lipinski definition) is 1. The normalized spacial score (nSPS) is 17.1. The van der Waals surface area contributed by atoms with Gasteiger partial charge in [0.05, 0.1) is 16.7 Å². The number of carbonyl (C=O) groups is 1. The Morgan fingerprint density at radius 3 is 2.65 bits per heavy atom. The SMILES string of the molecule is CC(C)C(N)C(=O)N1CCN(c2ccn3ncc(Br)c3n2)CC1. The number of halogens is 1. The highest BCUT2D eigenvalue weighted by Gasteiger charge is 2.27.